The first-order chi connectivity index (χ1) is 14.8. The lowest BCUT2D eigenvalue weighted by atomic mass is 9.91. The van der Waals surface area contributed by atoms with Gasteiger partial charge in [-0.05, 0) is 49.6 Å². The van der Waals surface area contributed by atoms with E-state index in [1.807, 2.05) is 32.0 Å². The zero-order chi connectivity index (χ0) is 22.2. The van der Waals surface area contributed by atoms with Crippen LogP contribution in [0.5, 0.6) is 17.2 Å². The summed E-state index contributed by atoms with van der Waals surface area (Å²) in [5.41, 5.74) is 1.22. The standard InChI is InChI=1S/C23H26N2O6/c1-14-5-4-6-15(2)20(14)31-13-17(26)12-25-21(27)23(3,24-22(25)28)16-7-8-18-19(11-16)30-10-9-29-18/h4-8,11,17,26H,9-10,12-13H2,1-3H3,(H,24,28)/t17-,23+/m1/s1. The van der Waals surface area contributed by atoms with Crippen LogP contribution < -0.4 is 19.5 Å². The molecule has 2 aromatic rings. The molecule has 2 heterocycles. The smallest absolute Gasteiger partial charge is 0.325 e. The lowest BCUT2D eigenvalue weighted by Gasteiger charge is -2.25. The van der Waals surface area contributed by atoms with Gasteiger partial charge in [0.15, 0.2) is 11.5 Å². The predicted octanol–water partition coefficient (Wildman–Crippen LogP) is 2.28. The second-order valence-corrected chi connectivity index (χ2v) is 8.02. The zero-order valence-electron chi connectivity index (χ0n) is 17.8. The maximum atomic E-state index is 13.1. The molecule has 0 unspecified atom stereocenters. The number of imide groups is 1. The van der Waals surface area contributed by atoms with Gasteiger partial charge in [-0.3, -0.25) is 9.69 Å². The van der Waals surface area contributed by atoms with Crippen molar-refractivity contribution in [3.05, 3.63) is 53.1 Å². The van der Waals surface area contributed by atoms with E-state index in [0.29, 0.717) is 36.0 Å². The van der Waals surface area contributed by atoms with E-state index in [-0.39, 0.29) is 13.2 Å². The fraction of sp³-hybridized carbons (Fsp3) is 0.391. The molecule has 1 saturated heterocycles. The van der Waals surface area contributed by atoms with Crippen LogP contribution in [-0.4, -0.2) is 54.4 Å². The number of nitrogens with one attached hydrogen (secondary N) is 1. The molecular weight excluding hydrogens is 400 g/mol. The van der Waals surface area contributed by atoms with Crippen molar-refractivity contribution >= 4 is 11.9 Å². The third-order valence-corrected chi connectivity index (χ3v) is 5.62. The van der Waals surface area contributed by atoms with Crippen LogP contribution in [0.4, 0.5) is 4.79 Å². The topological polar surface area (TPSA) is 97.3 Å². The molecular formula is C23H26N2O6. The van der Waals surface area contributed by atoms with Crippen molar-refractivity contribution in [2.45, 2.75) is 32.4 Å². The van der Waals surface area contributed by atoms with Crippen LogP contribution in [0, 0.1) is 13.8 Å². The molecule has 8 heteroatoms. The number of rotatable bonds is 6. The fourth-order valence-electron chi connectivity index (χ4n) is 3.88. The third-order valence-electron chi connectivity index (χ3n) is 5.62. The number of carbonyl (C=O) groups is 2. The Morgan fingerprint density at radius 2 is 1.81 bits per heavy atom. The quantitative estimate of drug-likeness (QED) is 0.688. The first-order valence-electron chi connectivity index (χ1n) is 10.2. The summed E-state index contributed by atoms with van der Waals surface area (Å²) in [7, 11) is 0. The molecule has 0 saturated carbocycles. The normalized spacial score (nSPS) is 21.1. The second kappa shape index (κ2) is 8.11. The molecule has 0 spiro atoms. The highest BCUT2D eigenvalue weighted by molar-refractivity contribution is 6.07. The average Bonchev–Trinajstić information content (AvgIpc) is 2.97. The number of hydrogen-bond donors (Lipinski definition) is 2. The summed E-state index contributed by atoms with van der Waals surface area (Å²) in [5, 5.41) is 13.2. The van der Waals surface area contributed by atoms with E-state index in [9.17, 15) is 14.7 Å². The number of carbonyl (C=O) groups excluding carboxylic acids is 2. The van der Waals surface area contributed by atoms with Crippen LogP contribution in [-0.2, 0) is 10.3 Å². The van der Waals surface area contributed by atoms with Crippen molar-refractivity contribution in [1.29, 1.82) is 0 Å². The van der Waals surface area contributed by atoms with Crippen molar-refractivity contribution in [1.82, 2.24) is 10.2 Å². The summed E-state index contributed by atoms with van der Waals surface area (Å²) in [6.07, 6.45) is -1.03. The fourth-order valence-corrected chi connectivity index (χ4v) is 3.88. The highest BCUT2D eigenvalue weighted by Crippen LogP contribution is 2.37. The van der Waals surface area contributed by atoms with E-state index < -0.39 is 23.6 Å². The highest BCUT2D eigenvalue weighted by atomic mass is 16.6. The van der Waals surface area contributed by atoms with Crippen molar-refractivity contribution in [2.75, 3.05) is 26.4 Å². The molecule has 0 aromatic heterocycles. The lowest BCUT2D eigenvalue weighted by molar-refractivity contribution is -0.132. The van der Waals surface area contributed by atoms with Gasteiger partial charge in [0.2, 0.25) is 0 Å². The molecule has 0 radical (unpaired) electrons. The van der Waals surface area contributed by atoms with Gasteiger partial charge in [0, 0.05) is 0 Å². The first-order valence-corrected chi connectivity index (χ1v) is 10.2. The summed E-state index contributed by atoms with van der Waals surface area (Å²) in [4.78, 5) is 26.7. The van der Waals surface area contributed by atoms with Gasteiger partial charge < -0.3 is 24.6 Å². The molecule has 0 aliphatic carbocycles. The second-order valence-electron chi connectivity index (χ2n) is 8.02. The van der Waals surface area contributed by atoms with Crippen molar-refractivity contribution in [3.8, 4) is 17.2 Å². The number of aryl methyl sites for hydroxylation is 2. The van der Waals surface area contributed by atoms with E-state index in [0.717, 1.165) is 16.0 Å². The number of para-hydroxylation sites is 1. The average molecular weight is 426 g/mol. The number of β-amino-alcohol motifs (C(OH)–C–C–N with tert-alkyl or cyclic N) is 1. The van der Waals surface area contributed by atoms with E-state index in [1.54, 1.807) is 25.1 Å². The zero-order valence-corrected chi connectivity index (χ0v) is 17.8. The molecule has 2 aromatic carbocycles. The number of benzene rings is 2. The number of nitrogens with zero attached hydrogens (tertiary/aromatic N) is 1. The van der Waals surface area contributed by atoms with Crippen molar-refractivity contribution in [2.24, 2.45) is 0 Å². The van der Waals surface area contributed by atoms with Crippen molar-refractivity contribution in [3.63, 3.8) is 0 Å². The minimum atomic E-state index is -1.26. The number of aliphatic hydroxyl groups is 1. The van der Waals surface area contributed by atoms with Crippen LogP contribution in [0.3, 0.4) is 0 Å². The van der Waals surface area contributed by atoms with Gasteiger partial charge in [-0.15, -0.1) is 0 Å². The highest BCUT2D eigenvalue weighted by Gasteiger charge is 2.49. The van der Waals surface area contributed by atoms with Crippen LogP contribution in [0.15, 0.2) is 36.4 Å². The molecule has 0 bridgehead atoms. The molecule has 2 aliphatic heterocycles. The number of hydrogen-bond acceptors (Lipinski definition) is 6. The minimum absolute atomic E-state index is 0.0382. The Bertz CT molecular complexity index is 1000. The predicted molar refractivity (Wildman–Crippen MR) is 112 cm³/mol. The van der Waals surface area contributed by atoms with Gasteiger partial charge in [-0.25, -0.2) is 4.79 Å². The van der Waals surface area contributed by atoms with Crippen LogP contribution >= 0.6 is 0 Å². The summed E-state index contributed by atoms with van der Waals surface area (Å²) in [5.74, 6) is 1.39. The molecule has 2 aliphatic rings. The van der Waals surface area contributed by atoms with E-state index in [1.165, 1.54) is 0 Å². The first kappa shape index (κ1) is 21.0. The van der Waals surface area contributed by atoms with Gasteiger partial charge in [-0.2, -0.15) is 0 Å². The number of fused-ring (bicyclic) bond motifs is 1. The van der Waals surface area contributed by atoms with Gasteiger partial charge in [0.05, 0.1) is 6.54 Å². The third kappa shape index (κ3) is 3.90. The van der Waals surface area contributed by atoms with Gasteiger partial charge in [0.25, 0.3) is 5.91 Å². The number of amides is 3. The molecule has 8 nitrogen and oxygen atoms in total. The number of urea groups is 1. The summed E-state index contributed by atoms with van der Waals surface area (Å²) >= 11 is 0. The molecule has 2 N–H and O–H groups in total. The molecule has 1 fully saturated rings. The number of ether oxygens (including phenoxy) is 3. The summed E-state index contributed by atoms with van der Waals surface area (Å²) in [6, 6.07) is 10.4. The molecule has 164 valence electrons. The summed E-state index contributed by atoms with van der Waals surface area (Å²) in [6.45, 7) is 6.16. The SMILES string of the molecule is Cc1cccc(C)c1OC[C@H](O)CN1C(=O)N[C@@](C)(c2ccc3c(c2)OCCO3)C1=O. The maximum absolute atomic E-state index is 13.1. The van der Waals surface area contributed by atoms with Gasteiger partial charge >= 0.3 is 6.03 Å². The molecule has 2 atom stereocenters. The van der Waals surface area contributed by atoms with E-state index >= 15 is 0 Å². The van der Waals surface area contributed by atoms with Crippen molar-refractivity contribution < 1.29 is 28.9 Å². The van der Waals surface area contributed by atoms with Crippen LogP contribution in [0.1, 0.15) is 23.6 Å². The van der Waals surface area contributed by atoms with E-state index in [2.05, 4.69) is 5.32 Å². The van der Waals surface area contributed by atoms with Crippen LogP contribution in [0.2, 0.25) is 0 Å². The van der Waals surface area contributed by atoms with E-state index in [4.69, 9.17) is 14.2 Å². The molecule has 31 heavy (non-hydrogen) atoms. The Balaban J connectivity index is 1.45. The Labute approximate surface area is 180 Å². The van der Waals surface area contributed by atoms with Crippen LogP contribution in [0.25, 0.3) is 0 Å². The maximum Gasteiger partial charge on any atom is 0.325 e. The monoisotopic (exact) mass is 426 g/mol. The van der Waals surface area contributed by atoms with Gasteiger partial charge in [0.1, 0.15) is 37.2 Å². The number of aliphatic hydroxyl groups excluding tert-OH is 1. The summed E-state index contributed by atoms with van der Waals surface area (Å²) < 4.78 is 16.9. The Kier molecular flexibility index (Phi) is 5.49. The Hall–Kier alpha value is -3.26. The molecule has 4 rings (SSSR count). The largest absolute Gasteiger partial charge is 0.490 e. The Morgan fingerprint density at radius 1 is 1.13 bits per heavy atom. The minimum Gasteiger partial charge on any atom is -0.490 e. The Morgan fingerprint density at radius 3 is 2.52 bits per heavy atom. The van der Waals surface area contributed by atoms with Gasteiger partial charge in [-0.1, -0.05) is 24.3 Å². The lowest BCUT2D eigenvalue weighted by Crippen LogP contribution is -2.42. The molecule has 3 amide bonds.